The molecule has 2 amide bonds. The molecular formula is C21H15ClFN3O2. The minimum absolute atomic E-state index is 0.210. The van der Waals surface area contributed by atoms with Crippen LogP contribution in [-0.2, 0) is 6.54 Å². The number of amides is 2. The standard InChI is InChI=1S/C21H15ClFN3O2/c22-17-18(13-7-9-14(23)10-8-13)24-25(11-12-5-6-12)19(17)26-20(27)15-3-1-2-4-16(15)21(26)28/h1-4,7-10,12H,5-6,11H2. The summed E-state index contributed by atoms with van der Waals surface area (Å²) in [6, 6.07) is 12.5. The summed E-state index contributed by atoms with van der Waals surface area (Å²) in [6.45, 7) is 0.573. The number of benzene rings is 2. The highest BCUT2D eigenvalue weighted by atomic mass is 35.5. The van der Waals surface area contributed by atoms with Crippen molar-refractivity contribution >= 4 is 29.2 Å². The van der Waals surface area contributed by atoms with Crippen molar-refractivity contribution in [1.82, 2.24) is 9.78 Å². The first-order valence-corrected chi connectivity index (χ1v) is 9.42. The van der Waals surface area contributed by atoms with Crippen LogP contribution in [-0.4, -0.2) is 21.6 Å². The molecule has 1 aromatic heterocycles. The van der Waals surface area contributed by atoms with E-state index in [1.165, 1.54) is 12.1 Å². The van der Waals surface area contributed by atoms with E-state index in [2.05, 4.69) is 5.10 Å². The van der Waals surface area contributed by atoms with Gasteiger partial charge in [-0.25, -0.2) is 14.0 Å². The highest BCUT2D eigenvalue weighted by Crippen LogP contribution is 2.41. The fourth-order valence-electron chi connectivity index (χ4n) is 3.49. The minimum Gasteiger partial charge on any atom is -0.268 e. The van der Waals surface area contributed by atoms with Gasteiger partial charge in [-0.15, -0.1) is 0 Å². The van der Waals surface area contributed by atoms with Crippen LogP contribution in [0.15, 0.2) is 48.5 Å². The second-order valence-electron chi connectivity index (χ2n) is 7.11. The van der Waals surface area contributed by atoms with E-state index in [-0.39, 0.29) is 16.7 Å². The van der Waals surface area contributed by atoms with Crippen LogP contribution in [0.4, 0.5) is 10.2 Å². The molecule has 28 heavy (non-hydrogen) atoms. The van der Waals surface area contributed by atoms with Gasteiger partial charge in [0.2, 0.25) is 0 Å². The number of carbonyl (C=O) groups is 2. The van der Waals surface area contributed by atoms with Crippen LogP contribution in [0.3, 0.4) is 0 Å². The monoisotopic (exact) mass is 395 g/mol. The lowest BCUT2D eigenvalue weighted by atomic mass is 10.1. The molecule has 7 heteroatoms. The zero-order valence-corrected chi connectivity index (χ0v) is 15.5. The van der Waals surface area contributed by atoms with Crippen molar-refractivity contribution in [3.8, 4) is 11.3 Å². The number of carbonyl (C=O) groups excluding carboxylic acids is 2. The van der Waals surface area contributed by atoms with Crippen LogP contribution in [0, 0.1) is 11.7 Å². The van der Waals surface area contributed by atoms with Gasteiger partial charge in [0.25, 0.3) is 11.8 Å². The smallest absolute Gasteiger partial charge is 0.267 e. The Morgan fingerprint density at radius 3 is 2.18 bits per heavy atom. The van der Waals surface area contributed by atoms with Crippen molar-refractivity contribution < 1.29 is 14.0 Å². The van der Waals surface area contributed by atoms with E-state index in [4.69, 9.17) is 11.6 Å². The van der Waals surface area contributed by atoms with Gasteiger partial charge in [-0.3, -0.25) is 9.59 Å². The van der Waals surface area contributed by atoms with Gasteiger partial charge in [-0.2, -0.15) is 5.10 Å². The first kappa shape index (κ1) is 17.1. The number of nitrogens with zero attached hydrogens (tertiary/aromatic N) is 3. The van der Waals surface area contributed by atoms with Crippen molar-refractivity contribution in [2.24, 2.45) is 5.92 Å². The van der Waals surface area contributed by atoms with Crippen LogP contribution in [0.2, 0.25) is 5.02 Å². The summed E-state index contributed by atoms with van der Waals surface area (Å²) in [7, 11) is 0. The third-order valence-electron chi connectivity index (χ3n) is 5.12. The minimum atomic E-state index is -0.412. The van der Waals surface area contributed by atoms with Gasteiger partial charge < -0.3 is 0 Å². The van der Waals surface area contributed by atoms with E-state index in [0.29, 0.717) is 34.8 Å². The quantitative estimate of drug-likeness (QED) is 0.609. The summed E-state index contributed by atoms with van der Waals surface area (Å²) < 4.78 is 15.0. The third-order valence-corrected chi connectivity index (χ3v) is 5.47. The van der Waals surface area contributed by atoms with Crippen molar-refractivity contribution in [3.05, 3.63) is 70.5 Å². The zero-order chi connectivity index (χ0) is 19.4. The summed E-state index contributed by atoms with van der Waals surface area (Å²) in [5.41, 5.74) is 1.75. The van der Waals surface area contributed by atoms with E-state index < -0.39 is 11.8 Å². The predicted molar refractivity (Wildman–Crippen MR) is 103 cm³/mol. The van der Waals surface area contributed by atoms with Gasteiger partial charge in [0.05, 0.1) is 11.1 Å². The molecule has 140 valence electrons. The Labute approximate surface area is 165 Å². The highest BCUT2D eigenvalue weighted by Gasteiger charge is 2.41. The molecule has 3 aromatic rings. The highest BCUT2D eigenvalue weighted by molar-refractivity contribution is 6.40. The van der Waals surface area contributed by atoms with E-state index in [1.54, 1.807) is 41.1 Å². The maximum atomic E-state index is 13.3. The van der Waals surface area contributed by atoms with Crippen molar-refractivity contribution in [2.75, 3.05) is 4.90 Å². The summed E-state index contributed by atoms with van der Waals surface area (Å²) in [6.07, 6.45) is 2.15. The maximum absolute atomic E-state index is 13.3. The largest absolute Gasteiger partial charge is 0.268 e. The van der Waals surface area contributed by atoms with Gasteiger partial charge in [-0.1, -0.05) is 23.7 Å². The molecule has 1 saturated carbocycles. The topological polar surface area (TPSA) is 55.2 Å². The fourth-order valence-corrected chi connectivity index (χ4v) is 3.82. The molecule has 1 aliphatic carbocycles. The zero-order valence-electron chi connectivity index (χ0n) is 14.7. The number of imide groups is 1. The summed E-state index contributed by atoms with van der Waals surface area (Å²) in [4.78, 5) is 27.0. The lowest BCUT2D eigenvalue weighted by molar-refractivity contribution is 0.0923. The van der Waals surface area contributed by atoms with Gasteiger partial charge in [-0.05, 0) is 55.2 Å². The molecule has 1 fully saturated rings. The van der Waals surface area contributed by atoms with E-state index in [9.17, 15) is 14.0 Å². The molecule has 0 unspecified atom stereocenters. The van der Waals surface area contributed by atoms with Gasteiger partial charge >= 0.3 is 0 Å². The Bertz CT molecular complexity index is 1080. The van der Waals surface area contributed by atoms with Crippen LogP contribution in [0.5, 0.6) is 0 Å². The number of halogens is 2. The average Bonchev–Trinajstić information content (AvgIpc) is 3.42. The van der Waals surface area contributed by atoms with Crippen molar-refractivity contribution in [2.45, 2.75) is 19.4 Å². The summed E-state index contributed by atoms with van der Waals surface area (Å²) in [5, 5.41) is 4.79. The van der Waals surface area contributed by atoms with Gasteiger partial charge in [0, 0.05) is 12.1 Å². The molecule has 0 N–H and O–H groups in total. The van der Waals surface area contributed by atoms with Crippen molar-refractivity contribution in [3.63, 3.8) is 0 Å². The fraction of sp³-hybridized carbons (Fsp3) is 0.190. The molecule has 0 atom stereocenters. The molecule has 2 aliphatic rings. The SMILES string of the molecule is O=C1c2ccccc2C(=O)N1c1c(Cl)c(-c2ccc(F)cc2)nn1CC1CC1. The predicted octanol–water partition coefficient (Wildman–Crippen LogP) is 4.55. The van der Waals surface area contributed by atoms with E-state index >= 15 is 0 Å². The molecule has 2 aromatic carbocycles. The molecule has 2 heterocycles. The second kappa shape index (κ2) is 6.27. The molecule has 0 saturated heterocycles. The van der Waals surface area contributed by atoms with Crippen molar-refractivity contribution in [1.29, 1.82) is 0 Å². The lowest BCUT2D eigenvalue weighted by Crippen LogP contribution is -2.32. The Hall–Kier alpha value is -2.99. The van der Waals surface area contributed by atoms with Crippen LogP contribution in [0.25, 0.3) is 11.3 Å². The lowest BCUT2D eigenvalue weighted by Gasteiger charge is -2.16. The van der Waals surface area contributed by atoms with Crippen LogP contribution >= 0.6 is 11.6 Å². The maximum Gasteiger partial charge on any atom is 0.267 e. The number of aromatic nitrogens is 2. The summed E-state index contributed by atoms with van der Waals surface area (Å²) in [5.74, 6) is -0.460. The van der Waals surface area contributed by atoms with Gasteiger partial charge in [0.15, 0.2) is 5.82 Å². The average molecular weight is 396 g/mol. The van der Waals surface area contributed by atoms with Gasteiger partial charge in [0.1, 0.15) is 16.5 Å². The number of hydrogen-bond donors (Lipinski definition) is 0. The third kappa shape index (κ3) is 2.64. The first-order valence-electron chi connectivity index (χ1n) is 9.04. The normalized spacial score (nSPS) is 16.0. The molecular weight excluding hydrogens is 381 g/mol. The first-order chi connectivity index (χ1) is 13.5. The second-order valence-corrected chi connectivity index (χ2v) is 7.49. The molecule has 0 bridgehead atoms. The number of hydrogen-bond acceptors (Lipinski definition) is 3. The van der Waals surface area contributed by atoms with E-state index in [1.807, 2.05) is 0 Å². The number of fused-ring (bicyclic) bond motifs is 1. The Morgan fingerprint density at radius 2 is 1.61 bits per heavy atom. The van der Waals surface area contributed by atoms with E-state index in [0.717, 1.165) is 17.7 Å². The van der Waals surface area contributed by atoms with Crippen LogP contribution in [0.1, 0.15) is 33.6 Å². The Kier molecular flexibility index (Phi) is 3.84. The number of anilines is 1. The molecule has 5 nitrogen and oxygen atoms in total. The molecule has 5 rings (SSSR count). The Morgan fingerprint density at radius 1 is 1.00 bits per heavy atom. The van der Waals surface area contributed by atoms with Crippen LogP contribution < -0.4 is 4.90 Å². The Balaban J connectivity index is 1.65. The molecule has 0 radical (unpaired) electrons. The molecule has 1 aliphatic heterocycles. The summed E-state index contributed by atoms with van der Waals surface area (Å²) >= 11 is 6.64. The molecule has 0 spiro atoms. The number of rotatable bonds is 4.